The third-order valence-corrected chi connectivity index (χ3v) is 4.80. The summed E-state index contributed by atoms with van der Waals surface area (Å²) in [6, 6.07) is 0. The molecule has 0 amide bonds. The predicted molar refractivity (Wildman–Crippen MR) is 70.9 cm³/mol. The van der Waals surface area contributed by atoms with Gasteiger partial charge in [-0.05, 0) is 0 Å². The largest absolute Gasteiger partial charge is 0.460 e. The van der Waals surface area contributed by atoms with Crippen molar-refractivity contribution in [2.45, 2.75) is 78.3 Å². The summed E-state index contributed by atoms with van der Waals surface area (Å²) in [5, 5.41) is 0. The topological polar surface area (TPSA) is 21.8 Å². The fourth-order valence-corrected chi connectivity index (χ4v) is 2.45. The van der Waals surface area contributed by atoms with Gasteiger partial charge in [-0.2, -0.15) is 92.2 Å². The van der Waals surface area contributed by atoms with Crippen molar-refractivity contribution in [1.29, 1.82) is 0 Å². The number of ether oxygens (including phenoxy) is 2. The van der Waals surface area contributed by atoms with E-state index in [-0.39, 0.29) is 0 Å². The smallest absolute Gasteiger partial charge is 0.353 e. The number of alkyl halides is 21. The van der Waals surface area contributed by atoms with Crippen molar-refractivity contribution in [3.05, 3.63) is 0 Å². The van der Waals surface area contributed by atoms with Crippen LogP contribution >= 0.6 is 0 Å². The summed E-state index contributed by atoms with van der Waals surface area (Å²) in [5.41, 5.74) is 0. The van der Waals surface area contributed by atoms with Crippen LogP contribution in [0.4, 0.5) is 92.2 Å². The molecule has 0 aromatic heterocycles. The molecule has 37 heavy (non-hydrogen) atoms. The van der Waals surface area contributed by atoms with Crippen molar-refractivity contribution in [2.24, 2.45) is 0 Å². The first kappa shape index (κ1) is 33.5. The first-order chi connectivity index (χ1) is 15.8. The highest BCUT2D eigenvalue weighted by Gasteiger charge is 2.97. The Labute approximate surface area is 188 Å². The van der Waals surface area contributed by atoms with Crippen LogP contribution in [0.5, 0.6) is 0 Å². The number of hydrogen-bond acceptors (Lipinski definition) is 2. The fourth-order valence-electron chi connectivity index (χ4n) is 2.45. The molecule has 1 saturated heterocycles. The van der Waals surface area contributed by atoms with Crippen molar-refractivity contribution in [3.8, 4) is 0 Å². The molecule has 0 aliphatic carbocycles. The summed E-state index contributed by atoms with van der Waals surface area (Å²) < 4.78 is 285. The van der Waals surface area contributed by atoms with Crippen molar-refractivity contribution < 1.29 is 102 Å². The van der Waals surface area contributed by atoms with Crippen LogP contribution in [-0.2, 0) is 9.47 Å². The maximum atomic E-state index is 13.6. The monoisotopic (exact) mass is 606 g/mol. The number of halogens is 21. The molecule has 1 rings (SSSR count). The Morgan fingerprint density at radius 2 is 0.730 bits per heavy atom. The SMILES string of the molecule is COC1OC1CC(F)(F)C(F)(F)C(F)(F)C(F)(F)C(F)(F)C(F)(F)C(F)(F)C(F)(F)C(F)(F)C(F)(F)F. The molecular formula is C14H7F21O2. The van der Waals surface area contributed by atoms with E-state index in [4.69, 9.17) is 0 Å². The Morgan fingerprint density at radius 3 is 0.973 bits per heavy atom. The lowest BCUT2D eigenvalue weighted by atomic mass is 9.85. The van der Waals surface area contributed by atoms with Crippen LogP contribution < -0.4 is 0 Å². The number of hydrogen-bond donors (Lipinski definition) is 0. The maximum Gasteiger partial charge on any atom is 0.460 e. The maximum absolute atomic E-state index is 13.6. The van der Waals surface area contributed by atoms with Gasteiger partial charge in [0, 0.05) is 13.5 Å². The lowest BCUT2D eigenvalue weighted by Crippen LogP contribution is -2.76. The van der Waals surface area contributed by atoms with E-state index in [1.54, 1.807) is 0 Å². The second-order valence-corrected chi connectivity index (χ2v) is 7.28. The molecular weight excluding hydrogens is 599 g/mol. The molecule has 1 fully saturated rings. The Bertz CT molecular complexity index is 843. The first-order valence-corrected chi connectivity index (χ1v) is 8.43. The van der Waals surface area contributed by atoms with Crippen molar-refractivity contribution in [1.82, 2.24) is 0 Å². The van der Waals surface area contributed by atoms with Crippen molar-refractivity contribution in [3.63, 3.8) is 0 Å². The van der Waals surface area contributed by atoms with Crippen LogP contribution in [0.1, 0.15) is 6.42 Å². The summed E-state index contributed by atoms with van der Waals surface area (Å²) in [4.78, 5) is 0. The molecule has 0 spiro atoms. The highest BCUT2D eigenvalue weighted by Crippen LogP contribution is 2.66. The molecule has 2 nitrogen and oxygen atoms in total. The zero-order chi connectivity index (χ0) is 30.3. The quantitative estimate of drug-likeness (QED) is 0.186. The summed E-state index contributed by atoms with van der Waals surface area (Å²) in [6.07, 6.45) is -15.0. The predicted octanol–water partition coefficient (Wildman–Crippen LogP) is 7.03. The zero-order valence-corrected chi connectivity index (χ0v) is 16.6. The molecule has 0 aromatic rings. The fraction of sp³-hybridized carbons (Fsp3) is 1.00. The normalized spacial score (nSPS) is 21.9. The van der Waals surface area contributed by atoms with Gasteiger partial charge in [-0.3, -0.25) is 0 Å². The highest BCUT2D eigenvalue weighted by atomic mass is 19.4. The summed E-state index contributed by atoms with van der Waals surface area (Å²) in [6.45, 7) is 0. The molecule has 1 aliphatic heterocycles. The number of rotatable bonds is 11. The van der Waals surface area contributed by atoms with Crippen LogP contribution in [0.25, 0.3) is 0 Å². The summed E-state index contributed by atoms with van der Waals surface area (Å²) >= 11 is 0. The lowest BCUT2D eigenvalue weighted by Gasteiger charge is -2.44. The third-order valence-electron chi connectivity index (χ3n) is 4.80. The van der Waals surface area contributed by atoms with E-state index < -0.39 is 78.3 Å². The van der Waals surface area contributed by atoms with Gasteiger partial charge in [0.25, 0.3) is 0 Å². The summed E-state index contributed by atoms with van der Waals surface area (Å²) in [5.74, 6) is -76.9. The molecule has 1 aliphatic rings. The van der Waals surface area contributed by atoms with Crippen LogP contribution in [0.3, 0.4) is 0 Å². The molecule has 23 heteroatoms. The average Bonchev–Trinajstić information content (AvgIpc) is 3.42. The van der Waals surface area contributed by atoms with E-state index in [0.29, 0.717) is 7.11 Å². The van der Waals surface area contributed by atoms with E-state index in [0.717, 1.165) is 0 Å². The zero-order valence-electron chi connectivity index (χ0n) is 16.6. The molecule has 222 valence electrons. The van der Waals surface area contributed by atoms with E-state index in [1.165, 1.54) is 0 Å². The summed E-state index contributed by atoms with van der Waals surface area (Å²) in [7, 11) is 0.616. The first-order valence-electron chi connectivity index (χ1n) is 8.43. The lowest BCUT2D eigenvalue weighted by molar-refractivity contribution is -0.474. The Morgan fingerprint density at radius 1 is 0.459 bits per heavy atom. The second-order valence-electron chi connectivity index (χ2n) is 7.28. The van der Waals surface area contributed by atoms with Crippen molar-refractivity contribution in [2.75, 3.05) is 7.11 Å². The Hall–Kier alpha value is -1.55. The molecule has 0 bridgehead atoms. The third kappa shape index (κ3) is 4.24. The number of epoxide rings is 1. The van der Waals surface area contributed by atoms with Gasteiger partial charge in [-0.25, -0.2) is 0 Å². The van der Waals surface area contributed by atoms with Crippen LogP contribution in [0, 0.1) is 0 Å². The van der Waals surface area contributed by atoms with Crippen LogP contribution in [0.15, 0.2) is 0 Å². The van der Waals surface area contributed by atoms with E-state index in [9.17, 15) is 92.2 Å². The number of methoxy groups -OCH3 is 1. The molecule has 2 unspecified atom stereocenters. The van der Waals surface area contributed by atoms with Gasteiger partial charge in [0.2, 0.25) is 0 Å². The van der Waals surface area contributed by atoms with E-state index in [2.05, 4.69) is 9.47 Å². The van der Waals surface area contributed by atoms with Gasteiger partial charge in [-0.1, -0.05) is 0 Å². The van der Waals surface area contributed by atoms with Gasteiger partial charge in [0.1, 0.15) is 6.10 Å². The molecule has 1 heterocycles. The van der Waals surface area contributed by atoms with Gasteiger partial charge in [0.15, 0.2) is 6.29 Å². The standard InChI is InChI=1S/C14H7F21O2/c1-36-4-3(37-4)2-5(15,16)6(17,18)7(19,20)8(21,22)9(23,24)10(25,26)11(27,28)12(29,30)13(31,32)14(33,34)35/h3-4H,2H2,1H3. The highest BCUT2D eigenvalue weighted by molar-refractivity contribution is 5.18. The van der Waals surface area contributed by atoms with Gasteiger partial charge in [0.05, 0.1) is 0 Å². The van der Waals surface area contributed by atoms with Crippen LogP contribution in [-0.4, -0.2) is 79.0 Å². The molecule has 0 N–H and O–H groups in total. The van der Waals surface area contributed by atoms with E-state index >= 15 is 0 Å². The molecule has 0 aromatic carbocycles. The molecule has 2 atom stereocenters. The Kier molecular flexibility index (Phi) is 7.67. The van der Waals surface area contributed by atoms with Crippen LogP contribution in [0.2, 0.25) is 0 Å². The Balaban J connectivity index is 3.64. The van der Waals surface area contributed by atoms with Crippen molar-refractivity contribution >= 4 is 0 Å². The average molecular weight is 606 g/mol. The van der Waals surface area contributed by atoms with E-state index in [1.807, 2.05) is 0 Å². The van der Waals surface area contributed by atoms with Gasteiger partial charge < -0.3 is 9.47 Å². The molecule has 0 radical (unpaired) electrons. The minimum absolute atomic E-state index is 0.616. The minimum atomic E-state index is -9.17. The molecule has 0 saturated carbocycles. The minimum Gasteiger partial charge on any atom is -0.353 e. The second kappa shape index (κ2) is 8.47. The van der Waals surface area contributed by atoms with Gasteiger partial charge in [-0.15, -0.1) is 0 Å². The van der Waals surface area contributed by atoms with Gasteiger partial charge >= 0.3 is 59.5 Å².